The van der Waals surface area contributed by atoms with E-state index in [1.807, 2.05) is 13.8 Å². The smallest absolute Gasteiger partial charge is 0.187 e. The van der Waals surface area contributed by atoms with Crippen molar-refractivity contribution in [3.05, 3.63) is 0 Å². The summed E-state index contributed by atoms with van der Waals surface area (Å²) in [5.41, 5.74) is 0. The third-order valence-electron chi connectivity index (χ3n) is 2.88. The van der Waals surface area contributed by atoms with Crippen LogP contribution in [0.1, 0.15) is 13.8 Å². The van der Waals surface area contributed by atoms with Gasteiger partial charge in [0.15, 0.2) is 12.1 Å². The number of hydrogen-bond acceptors (Lipinski definition) is 5. The summed E-state index contributed by atoms with van der Waals surface area (Å²) in [5, 5.41) is 9.89. The molecule has 0 radical (unpaired) electrons. The minimum Gasteiger partial charge on any atom is -0.387 e. The number of ether oxygens (including phenoxy) is 4. The first kappa shape index (κ1) is 9.06. The van der Waals surface area contributed by atoms with Gasteiger partial charge in [-0.1, -0.05) is 0 Å². The lowest BCUT2D eigenvalue weighted by molar-refractivity contribution is -0.198. The van der Waals surface area contributed by atoms with Crippen molar-refractivity contribution in [1.82, 2.24) is 0 Å². The Morgan fingerprint density at radius 3 is 2.71 bits per heavy atom. The summed E-state index contributed by atoms with van der Waals surface area (Å²) in [5.74, 6) is -0.659. The highest BCUT2D eigenvalue weighted by Crippen LogP contribution is 2.40. The van der Waals surface area contributed by atoms with E-state index >= 15 is 0 Å². The largest absolute Gasteiger partial charge is 0.387 e. The van der Waals surface area contributed by atoms with Gasteiger partial charge in [-0.3, -0.25) is 0 Å². The second-order valence-corrected chi connectivity index (χ2v) is 4.43. The van der Waals surface area contributed by atoms with Gasteiger partial charge in [0.1, 0.15) is 24.4 Å². The molecule has 0 aliphatic carbocycles. The zero-order valence-electron chi connectivity index (χ0n) is 8.17. The summed E-state index contributed by atoms with van der Waals surface area (Å²) < 4.78 is 22.0. The fourth-order valence-corrected chi connectivity index (χ4v) is 2.30. The van der Waals surface area contributed by atoms with Gasteiger partial charge in [0.2, 0.25) is 0 Å². The van der Waals surface area contributed by atoms with Crippen molar-refractivity contribution >= 4 is 0 Å². The predicted octanol–water partition coefficient (Wildman–Crippen LogP) is -0.378. The van der Waals surface area contributed by atoms with E-state index in [1.54, 1.807) is 0 Å². The predicted molar refractivity (Wildman–Crippen MR) is 44.4 cm³/mol. The van der Waals surface area contributed by atoms with Gasteiger partial charge < -0.3 is 24.1 Å². The molecule has 80 valence electrons. The number of fused-ring (bicyclic) bond motifs is 4. The SMILES string of the molecule is CC1(C)O[C@@H]2[C@H](O)[C@@H]3CO[C@H](O3)[C@@H]2O1. The molecule has 3 saturated heterocycles. The lowest BCUT2D eigenvalue weighted by atomic mass is 10.0. The normalized spacial score (nSPS) is 54.6. The lowest BCUT2D eigenvalue weighted by Gasteiger charge is -2.31. The topological polar surface area (TPSA) is 57.2 Å². The third kappa shape index (κ3) is 1.14. The Hall–Kier alpha value is -0.200. The molecule has 0 spiro atoms. The van der Waals surface area contributed by atoms with E-state index in [0.29, 0.717) is 6.61 Å². The molecule has 0 aromatic carbocycles. The zero-order chi connectivity index (χ0) is 9.92. The van der Waals surface area contributed by atoms with Crippen LogP contribution in [0.2, 0.25) is 0 Å². The highest BCUT2D eigenvalue weighted by Gasteiger charge is 2.58. The first-order valence-corrected chi connectivity index (χ1v) is 4.88. The molecule has 5 nitrogen and oxygen atoms in total. The van der Waals surface area contributed by atoms with E-state index in [9.17, 15) is 5.11 Å². The molecule has 5 heteroatoms. The molecule has 14 heavy (non-hydrogen) atoms. The van der Waals surface area contributed by atoms with Crippen LogP contribution in [-0.2, 0) is 18.9 Å². The van der Waals surface area contributed by atoms with Crippen LogP contribution in [0.15, 0.2) is 0 Å². The summed E-state index contributed by atoms with van der Waals surface area (Å²) in [6, 6.07) is 0. The Morgan fingerprint density at radius 1 is 1.21 bits per heavy atom. The van der Waals surface area contributed by atoms with Crippen LogP contribution in [0.25, 0.3) is 0 Å². The maximum atomic E-state index is 9.89. The number of aliphatic hydroxyl groups is 1. The van der Waals surface area contributed by atoms with Gasteiger partial charge in [0, 0.05) is 0 Å². The fraction of sp³-hybridized carbons (Fsp3) is 1.00. The molecular weight excluding hydrogens is 188 g/mol. The molecule has 1 N–H and O–H groups in total. The van der Waals surface area contributed by atoms with E-state index in [1.165, 1.54) is 0 Å². The van der Waals surface area contributed by atoms with Gasteiger partial charge in [0.25, 0.3) is 0 Å². The molecule has 0 aromatic heterocycles. The maximum absolute atomic E-state index is 9.89. The number of hydrogen-bond donors (Lipinski definition) is 1. The monoisotopic (exact) mass is 202 g/mol. The second kappa shape index (κ2) is 2.68. The first-order chi connectivity index (χ1) is 6.57. The molecule has 2 bridgehead atoms. The van der Waals surface area contributed by atoms with Crippen LogP contribution in [-0.4, -0.2) is 48.2 Å². The Morgan fingerprint density at radius 2 is 1.93 bits per heavy atom. The summed E-state index contributed by atoms with van der Waals surface area (Å²) in [6.07, 6.45) is -1.93. The Labute approximate surface area is 81.9 Å². The Bertz CT molecular complexity index is 246. The van der Waals surface area contributed by atoms with E-state index in [2.05, 4.69) is 0 Å². The first-order valence-electron chi connectivity index (χ1n) is 4.88. The van der Waals surface area contributed by atoms with E-state index in [-0.39, 0.29) is 24.6 Å². The van der Waals surface area contributed by atoms with E-state index < -0.39 is 11.9 Å². The minimum atomic E-state index is -0.659. The maximum Gasteiger partial charge on any atom is 0.187 e. The van der Waals surface area contributed by atoms with Gasteiger partial charge in [-0.05, 0) is 13.8 Å². The molecule has 3 fully saturated rings. The summed E-state index contributed by atoms with van der Waals surface area (Å²) in [4.78, 5) is 0. The third-order valence-corrected chi connectivity index (χ3v) is 2.88. The average molecular weight is 202 g/mol. The van der Waals surface area contributed by atoms with Crippen LogP contribution in [0.4, 0.5) is 0 Å². The number of rotatable bonds is 0. The average Bonchev–Trinajstić information content (AvgIpc) is 2.64. The van der Waals surface area contributed by atoms with Crippen molar-refractivity contribution in [3.63, 3.8) is 0 Å². The summed E-state index contributed by atoms with van der Waals surface area (Å²) in [7, 11) is 0. The summed E-state index contributed by atoms with van der Waals surface area (Å²) >= 11 is 0. The van der Waals surface area contributed by atoms with Crippen LogP contribution in [0, 0.1) is 0 Å². The molecule has 3 rings (SSSR count). The molecule has 3 heterocycles. The van der Waals surface area contributed by atoms with Crippen molar-refractivity contribution in [1.29, 1.82) is 0 Å². The fourth-order valence-electron chi connectivity index (χ4n) is 2.30. The van der Waals surface area contributed by atoms with Gasteiger partial charge >= 0.3 is 0 Å². The minimum absolute atomic E-state index is 0.265. The molecule has 0 saturated carbocycles. The van der Waals surface area contributed by atoms with Crippen molar-refractivity contribution in [2.75, 3.05) is 6.61 Å². The van der Waals surface area contributed by atoms with Crippen molar-refractivity contribution in [2.45, 2.75) is 50.3 Å². The van der Waals surface area contributed by atoms with E-state index in [4.69, 9.17) is 18.9 Å². The number of aliphatic hydroxyl groups excluding tert-OH is 1. The highest BCUT2D eigenvalue weighted by molar-refractivity contribution is 4.98. The summed E-state index contributed by atoms with van der Waals surface area (Å²) in [6.45, 7) is 4.07. The molecule has 3 aliphatic rings. The Balaban J connectivity index is 1.88. The van der Waals surface area contributed by atoms with Gasteiger partial charge in [-0.15, -0.1) is 0 Å². The lowest BCUT2D eigenvalue weighted by Crippen LogP contribution is -2.52. The molecular formula is C9H14O5. The quantitative estimate of drug-likeness (QED) is 0.580. The zero-order valence-corrected chi connectivity index (χ0v) is 8.17. The van der Waals surface area contributed by atoms with Crippen LogP contribution in [0.3, 0.4) is 0 Å². The highest BCUT2D eigenvalue weighted by atomic mass is 16.8. The van der Waals surface area contributed by atoms with Gasteiger partial charge in [-0.25, -0.2) is 0 Å². The van der Waals surface area contributed by atoms with Crippen LogP contribution >= 0.6 is 0 Å². The van der Waals surface area contributed by atoms with Crippen molar-refractivity contribution in [2.24, 2.45) is 0 Å². The molecule has 0 amide bonds. The molecule has 0 unspecified atom stereocenters. The van der Waals surface area contributed by atoms with Crippen molar-refractivity contribution < 1.29 is 24.1 Å². The molecule has 3 aliphatic heterocycles. The molecule has 5 atom stereocenters. The van der Waals surface area contributed by atoms with Crippen LogP contribution < -0.4 is 0 Å². The standard InChI is InChI=1S/C9H14O5/c1-9(2)13-6-5(10)4-3-11-8(12-4)7(6)14-9/h4-8,10H,3H2,1-2H3/t4-,5+,6+,7+,8+/m0/s1. The van der Waals surface area contributed by atoms with Crippen molar-refractivity contribution in [3.8, 4) is 0 Å². The second-order valence-electron chi connectivity index (χ2n) is 4.43. The Kier molecular flexibility index (Phi) is 1.73. The van der Waals surface area contributed by atoms with Gasteiger partial charge in [0.05, 0.1) is 6.61 Å². The van der Waals surface area contributed by atoms with Crippen LogP contribution in [0.5, 0.6) is 0 Å². The van der Waals surface area contributed by atoms with E-state index in [0.717, 1.165) is 0 Å². The molecule has 0 aromatic rings. The van der Waals surface area contributed by atoms with Gasteiger partial charge in [-0.2, -0.15) is 0 Å².